The Bertz CT molecular complexity index is 500. The molecule has 3 atom stereocenters. The van der Waals surface area contributed by atoms with Crippen molar-refractivity contribution in [2.45, 2.75) is 25.7 Å². The third-order valence-corrected chi connectivity index (χ3v) is 3.23. The lowest BCUT2D eigenvalue weighted by Gasteiger charge is -2.09. The Morgan fingerprint density at radius 3 is 2.89 bits per heavy atom. The molecule has 5 heteroatoms. The molecule has 1 fully saturated rings. The molecular weight excluding hydrogens is 236 g/mol. The van der Waals surface area contributed by atoms with Gasteiger partial charge in [-0.1, -0.05) is 12.2 Å². The van der Waals surface area contributed by atoms with Crippen LogP contribution in [0.5, 0.6) is 0 Å². The monoisotopic (exact) mass is 248 g/mol. The van der Waals surface area contributed by atoms with E-state index >= 15 is 0 Å². The number of carbonyl (C=O) groups excluding carboxylic acids is 2. The van der Waals surface area contributed by atoms with Gasteiger partial charge in [-0.2, -0.15) is 0 Å². The van der Waals surface area contributed by atoms with Crippen molar-refractivity contribution in [2.24, 2.45) is 5.92 Å². The van der Waals surface area contributed by atoms with E-state index in [2.05, 4.69) is 0 Å². The zero-order valence-electron chi connectivity index (χ0n) is 9.79. The minimum absolute atomic E-state index is 0.0420. The predicted octanol–water partition coefficient (Wildman–Crippen LogP) is 1.22. The number of hydrogen-bond acceptors (Lipinski definition) is 5. The van der Waals surface area contributed by atoms with Crippen LogP contribution >= 0.6 is 0 Å². The number of rotatable bonds is 2. The summed E-state index contributed by atoms with van der Waals surface area (Å²) in [6.45, 7) is 1.65. The molecular formula is C13H12O5. The molecule has 1 saturated heterocycles. The van der Waals surface area contributed by atoms with E-state index in [0.29, 0.717) is 11.1 Å². The summed E-state index contributed by atoms with van der Waals surface area (Å²) in [4.78, 5) is 22.7. The van der Waals surface area contributed by atoms with Crippen LogP contribution in [0.2, 0.25) is 0 Å². The van der Waals surface area contributed by atoms with Gasteiger partial charge in [-0.3, -0.25) is 0 Å². The van der Waals surface area contributed by atoms with E-state index in [-0.39, 0.29) is 18.0 Å². The molecule has 0 N–H and O–H groups in total. The van der Waals surface area contributed by atoms with Gasteiger partial charge in [0.15, 0.2) is 0 Å². The van der Waals surface area contributed by atoms with Crippen molar-refractivity contribution in [2.75, 3.05) is 0 Å². The summed E-state index contributed by atoms with van der Waals surface area (Å²) in [5.41, 5.74) is 0.980. The summed E-state index contributed by atoms with van der Waals surface area (Å²) >= 11 is 0. The second-order valence-electron chi connectivity index (χ2n) is 4.47. The highest BCUT2D eigenvalue weighted by Gasteiger charge is 2.40. The van der Waals surface area contributed by atoms with Crippen LogP contribution in [0.3, 0.4) is 0 Å². The average Bonchev–Trinajstić information content (AvgIpc) is 2.94. The maximum atomic E-state index is 11.6. The van der Waals surface area contributed by atoms with E-state index < -0.39 is 12.3 Å². The smallest absolute Gasteiger partial charge is 0.338 e. The van der Waals surface area contributed by atoms with Crippen molar-refractivity contribution in [1.82, 2.24) is 0 Å². The van der Waals surface area contributed by atoms with E-state index in [1.807, 2.05) is 12.2 Å². The highest BCUT2D eigenvalue weighted by Crippen LogP contribution is 2.35. The van der Waals surface area contributed by atoms with Gasteiger partial charge in [0, 0.05) is 24.0 Å². The Morgan fingerprint density at radius 2 is 2.17 bits per heavy atom. The molecule has 0 radical (unpaired) electrons. The Labute approximate surface area is 104 Å². The van der Waals surface area contributed by atoms with Crippen LogP contribution < -0.4 is 0 Å². The SMILES string of the molecule is CC1=C[C@H](O/C=C2/C(=O)O[C@@H]3CC=C[C@H]23)OC1=O. The molecule has 18 heavy (non-hydrogen) atoms. The van der Waals surface area contributed by atoms with E-state index in [1.54, 1.807) is 13.0 Å². The molecule has 0 aromatic rings. The molecule has 0 saturated carbocycles. The highest BCUT2D eigenvalue weighted by molar-refractivity contribution is 5.92. The molecule has 3 aliphatic rings. The summed E-state index contributed by atoms with van der Waals surface area (Å²) in [5.74, 6) is -0.801. The van der Waals surface area contributed by atoms with Crippen molar-refractivity contribution < 1.29 is 23.8 Å². The summed E-state index contributed by atoms with van der Waals surface area (Å²) in [7, 11) is 0. The van der Waals surface area contributed by atoms with Crippen LogP contribution in [0, 0.1) is 5.92 Å². The maximum Gasteiger partial charge on any atom is 0.338 e. The third kappa shape index (κ3) is 1.72. The molecule has 0 spiro atoms. The summed E-state index contributed by atoms with van der Waals surface area (Å²) in [6, 6.07) is 0. The molecule has 0 bridgehead atoms. The van der Waals surface area contributed by atoms with Gasteiger partial charge < -0.3 is 14.2 Å². The van der Waals surface area contributed by atoms with Crippen LogP contribution in [0.1, 0.15) is 13.3 Å². The van der Waals surface area contributed by atoms with E-state index in [9.17, 15) is 9.59 Å². The second-order valence-corrected chi connectivity index (χ2v) is 4.47. The molecule has 0 aromatic carbocycles. The fourth-order valence-electron chi connectivity index (χ4n) is 2.24. The predicted molar refractivity (Wildman–Crippen MR) is 59.9 cm³/mol. The topological polar surface area (TPSA) is 61.8 Å². The molecule has 3 rings (SSSR count). The van der Waals surface area contributed by atoms with Gasteiger partial charge in [-0.25, -0.2) is 9.59 Å². The Morgan fingerprint density at radius 1 is 1.33 bits per heavy atom. The Balaban J connectivity index is 1.71. The standard InChI is InChI=1S/C13H12O5/c1-7-5-11(18-12(7)14)16-6-9-8-3-2-4-10(8)17-13(9)15/h2-3,5-6,8,10-11H,4H2,1H3/b9-6+/t8-,10-,11-/m1/s1. The van der Waals surface area contributed by atoms with Gasteiger partial charge in [-0.15, -0.1) is 0 Å². The summed E-state index contributed by atoms with van der Waals surface area (Å²) in [5, 5.41) is 0. The molecule has 1 aliphatic carbocycles. The Hall–Kier alpha value is -2.04. The molecule has 0 unspecified atom stereocenters. The number of fused-ring (bicyclic) bond motifs is 1. The van der Waals surface area contributed by atoms with Crippen molar-refractivity contribution in [3.8, 4) is 0 Å². The van der Waals surface area contributed by atoms with Crippen LogP contribution in [0.15, 0.2) is 35.6 Å². The minimum atomic E-state index is -0.748. The van der Waals surface area contributed by atoms with Gasteiger partial charge in [-0.05, 0) is 6.92 Å². The largest absolute Gasteiger partial charge is 0.458 e. The molecule has 94 valence electrons. The van der Waals surface area contributed by atoms with Crippen LogP contribution in [0.25, 0.3) is 0 Å². The normalized spacial score (nSPS) is 35.5. The van der Waals surface area contributed by atoms with E-state index in [4.69, 9.17) is 14.2 Å². The fourth-order valence-corrected chi connectivity index (χ4v) is 2.24. The van der Waals surface area contributed by atoms with Gasteiger partial charge in [0.2, 0.25) is 0 Å². The van der Waals surface area contributed by atoms with Crippen LogP contribution in [-0.4, -0.2) is 24.3 Å². The lowest BCUT2D eigenvalue weighted by Crippen LogP contribution is -2.11. The quantitative estimate of drug-likeness (QED) is 0.318. The first-order chi connectivity index (χ1) is 8.65. The van der Waals surface area contributed by atoms with Crippen molar-refractivity contribution in [3.63, 3.8) is 0 Å². The van der Waals surface area contributed by atoms with Crippen LogP contribution in [-0.2, 0) is 23.8 Å². The van der Waals surface area contributed by atoms with Crippen molar-refractivity contribution in [3.05, 3.63) is 35.6 Å². The molecule has 2 heterocycles. The number of ether oxygens (including phenoxy) is 3. The zero-order valence-corrected chi connectivity index (χ0v) is 9.79. The van der Waals surface area contributed by atoms with Gasteiger partial charge in [0.1, 0.15) is 6.10 Å². The average molecular weight is 248 g/mol. The fraction of sp³-hybridized carbons (Fsp3) is 0.385. The second kappa shape index (κ2) is 4.01. The van der Waals surface area contributed by atoms with E-state index in [0.717, 1.165) is 6.42 Å². The lowest BCUT2D eigenvalue weighted by atomic mass is 10.0. The first-order valence-corrected chi connectivity index (χ1v) is 5.78. The maximum absolute atomic E-state index is 11.6. The summed E-state index contributed by atoms with van der Waals surface area (Å²) < 4.78 is 15.4. The number of esters is 2. The minimum Gasteiger partial charge on any atom is -0.458 e. The number of hydrogen-bond donors (Lipinski definition) is 0. The van der Waals surface area contributed by atoms with Gasteiger partial charge in [0.25, 0.3) is 6.29 Å². The van der Waals surface area contributed by atoms with Crippen molar-refractivity contribution in [1.29, 1.82) is 0 Å². The molecule has 0 amide bonds. The first kappa shape index (κ1) is 11.1. The van der Waals surface area contributed by atoms with Gasteiger partial charge >= 0.3 is 11.9 Å². The number of cyclic esters (lactones) is 1. The molecule has 5 nitrogen and oxygen atoms in total. The summed E-state index contributed by atoms with van der Waals surface area (Å²) in [6.07, 6.45) is 6.72. The third-order valence-electron chi connectivity index (χ3n) is 3.23. The molecule has 0 aromatic heterocycles. The Kier molecular flexibility index (Phi) is 2.47. The van der Waals surface area contributed by atoms with Gasteiger partial charge in [0.05, 0.1) is 11.8 Å². The molecule has 2 aliphatic heterocycles. The highest BCUT2D eigenvalue weighted by atomic mass is 16.7. The van der Waals surface area contributed by atoms with E-state index in [1.165, 1.54) is 6.26 Å². The lowest BCUT2D eigenvalue weighted by molar-refractivity contribution is -0.152. The number of carbonyl (C=O) groups is 2. The zero-order chi connectivity index (χ0) is 12.7. The first-order valence-electron chi connectivity index (χ1n) is 5.78. The van der Waals surface area contributed by atoms with Crippen LogP contribution in [0.4, 0.5) is 0 Å². The van der Waals surface area contributed by atoms with Crippen molar-refractivity contribution >= 4 is 11.9 Å².